The molecule has 5 aromatic rings. The minimum Gasteiger partial charge on any atom is -0.463 e. The Morgan fingerprint density at radius 3 is 0.697 bits per heavy atom. The van der Waals surface area contributed by atoms with Gasteiger partial charge in [0.15, 0.2) is 23.0 Å². The van der Waals surface area contributed by atoms with E-state index in [1.54, 1.807) is 23.9 Å². The van der Waals surface area contributed by atoms with Gasteiger partial charge in [-0.3, -0.25) is 19.2 Å². The van der Waals surface area contributed by atoms with Gasteiger partial charge in [-0.05, 0) is 136 Å². The molecule has 602 valence electrons. The highest BCUT2D eigenvalue weighted by atomic mass is 32.1. The molecular formula is C96H144N4O8S. The summed E-state index contributed by atoms with van der Waals surface area (Å²) >= 11 is 1.55. The fourth-order valence-corrected chi connectivity index (χ4v) is 18.7. The van der Waals surface area contributed by atoms with Crippen molar-refractivity contribution >= 4 is 57.8 Å². The van der Waals surface area contributed by atoms with Gasteiger partial charge in [0.05, 0.1) is 44.6 Å². The number of hydrogen-bond donors (Lipinski definition) is 0. The van der Waals surface area contributed by atoms with E-state index >= 15 is 19.2 Å². The molecule has 0 bridgehead atoms. The van der Waals surface area contributed by atoms with E-state index in [4.69, 9.17) is 17.7 Å². The second-order valence-corrected chi connectivity index (χ2v) is 34.2. The van der Waals surface area contributed by atoms with Crippen LogP contribution in [0.15, 0.2) is 113 Å². The number of amides is 4. The Hall–Kier alpha value is -6.34. The number of furan rings is 4. The van der Waals surface area contributed by atoms with E-state index in [0.29, 0.717) is 106 Å². The first kappa shape index (κ1) is 86.6. The van der Waals surface area contributed by atoms with Gasteiger partial charge in [0.25, 0.3) is 23.6 Å². The van der Waals surface area contributed by atoms with Gasteiger partial charge in [-0.2, -0.15) is 0 Å². The summed E-state index contributed by atoms with van der Waals surface area (Å²) in [5, 5.41) is 0. The second-order valence-electron chi connectivity index (χ2n) is 33.1. The Kier molecular flexibility index (Phi) is 38.1. The van der Waals surface area contributed by atoms with Crippen LogP contribution in [0.4, 0.5) is 0 Å². The van der Waals surface area contributed by atoms with E-state index in [-0.39, 0.29) is 47.3 Å². The zero-order chi connectivity index (χ0) is 77.0. The molecule has 109 heavy (non-hydrogen) atoms. The standard InChI is InChI=1S/C96H144N4O8S/c1-9-17-25-33-37-45-55-73(51-41-29-21-13-5)69-97-89(79-59-49-67-105-79)85-87(95(97)103)91(99(93(85)101)71-75(53-43-31-23-15-7)57-47-39-35-27-19-11-3)81-63-61-77(107-81)83-65-66-84(109-83)78-62-64-82(108-78)92-88-86(94(102)100(92)72-76(54-44-32-24-16-8)58-48-40-36-28-20-12-4)90(80-60-50-68-106-80)98(96(88)104)70-74(52-42-30-22-14-6)56-46-38-34-26-18-10-2/h49-50,59-68,73-76H,9-48,51-58,69-72H2,1-8H3. The minimum absolute atomic E-state index is 0.148. The average Bonchev–Trinajstić information content (AvgIpc) is 1.56. The van der Waals surface area contributed by atoms with Crippen LogP contribution in [0, 0.1) is 23.7 Å². The SMILES string of the molecule is CCCCCCCCC(CCCCCC)CN1C(=O)C2=C(c3ccc(-c4ccc(-c5ccc(C6=C7C(=O)N(CC(CCCCCC)CCCCCCCC)C(c8ccco8)=C7C(=O)N6CC(CCCCCC)CCCCCCCC)o5)s4)o3)N(CC(CCCCCC)CCCCCCCC)C(=O)C2=C1c1ccco1. The maximum atomic E-state index is 16.0. The van der Waals surface area contributed by atoms with Crippen molar-refractivity contribution in [2.24, 2.45) is 23.7 Å². The number of carbonyl (C=O) groups is 4. The largest absolute Gasteiger partial charge is 0.463 e. The molecule has 13 heteroatoms. The van der Waals surface area contributed by atoms with Crippen LogP contribution in [-0.4, -0.2) is 69.4 Å². The molecule has 0 spiro atoms. The lowest BCUT2D eigenvalue weighted by Gasteiger charge is -2.29. The van der Waals surface area contributed by atoms with E-state index in [0.717, 1.165) is 138 Å². The Morgan fingerprint density at radius 1 is 0.257 bits per heavy atom. The highest BCUT2D eigenvalue weighted by Crippen LogP contribution is 2.52. The summed E-state index contributed by atoms with van der Waals surface area (Å²) in [4.78, 5) is 73.3. The smallest absolute Gasteiger partial charge is 0.261 e. The number of hydrogen-bond acceptors (Lipinski definition) is 9. The molecule has 4 atom stereocenters. The van der Waals surface area contributed by atoms with Crippen molar-refractivity contribution in [3.63, 3.8) is 0 Å². The molecule has 4 amide bonds. The first-order chi connectivity index (χ1) is 53.5. The van der Waals surface area contributed by atoms with Crippen molar-refractivity contribution in [2.75, 3.05) is 26.2 Å². The maximum absolute atomic E-state index is 16.0. The molecule has 0 saturated heterocycles. The average molecular weight is 1510 g/mol. The Balaban J connectivity index is 1.09. The molecule has 0 aromatic carbocycles. The highest BCUT2D eigenvalue weighted by Gasteiger charge is 2.53. The summed E-state index contributed by atoms with van der Waals surface area (Å²) < 4.78 is 26.9. The van der Waals surface area contributed by atoms with Gasteiger partial charge in [-0.25, -0.2) is 0 Å². The molecule has 0 saturated carbocycles. The number of thiophene rings is 1. The molecule has 9 heterocycles. The third kappa shape index (κ3) is 24.6. The molecule has 9 rings (SSSR count). The van der Waals surface area contributed by atoms with E-state index in [9.17, 15) is 0 Å². The van der Waals surface area contributed by atoms with Crippen molar-refractivity contribution in [1.82, 2.24) is 19.6 Å². The van der Waals surface area contributed by atoms with Crippen molar-refractivity contribution in [2.45, 2.75) is 364 Å². The summed E-state index contributed by atoms with van der Waals surface area (Å²) in [6.07, 6.45) is 59.1. The van der Waals surface area contributed by atoms with Gasteiger partial charge in [-0.15, -0.1) is 11.3 Å². The molecule has 0 N–H and O–H groups in total. The minimum atomic E-state index is -0.148. The first-order valence-electron chi connectivity index (χ1n) is 45.2. The lowest BCUT2D eigenvalue weighted by atomic mass is 9.93. The molecule has 5 aromatic heterocycles. The maximum Gasteiger partial charge on any atom is 0.261 e. The number of rotatable bonds is 62. The van der Waals surface area contributed by atoms with Gasteiger partial charge < -0.3 is 37.3 Å². The van der Waals surface area contributed by atoms with Crippen LogP contribution < -0.4 is 0 Å². The van der Waals surface area contributed by atoms with E-state index in [2.05, 4.69) is 67.5 Å². The number of fused-ring (bicyclic) bond motifs is 2. The number of nitrogens with zero attached hydrogens (tertiary/aromatic N) is 4. The van der Waals surface area contributed by atoms with Crippen LogP contribution in [-0.2, 0) is 19.2 Å². The van der Waals surface area contributed by atoms with Crippen LogP contribution in [0.3, 0.4) is 0 Å². The first-order valence-corrected chi connectivity index (χ1v) is 46.0. The number of unbranched alkanes of at least 4 members (excludes halogenated alkanes) is 32. The van der Waals surface area contributed by atoms with Gasteiger partial charge in [0, 0.05) is 26.2 Å². The van der Waals surface area contributed by atoms with Gasteiger partial charge in [-0.1, -0.05) is 312 Å². The van der Waals surface area contributed by atoms with Crippen LogP contribution in [0.25, 0.3) is 44.1 Å². The van der Waals surface area contributed by atoms with E-state index < -0.39 is 0 Å². The van der Waals surface area contributed by atoms with Crippen molar-refractivity contribution in [3.05, 3.63) is 119 Å². The van der Waals surface area contributed by atoms with Gasteiger partial charge in [0.2, 0.25) is 0 Å². The zero-order valence-electron chi connectivity index (χ0n) is 69.5. The monoisotopic (exact) mass is 1510 g/mol. The van der Waals surface area contributed by atoms with Crippen molar-refractivity contribution < 1.29 is 36.8 Å². The van der Waals surface area contributed by atoms with Gasteiger partial charge in [0.1, 0.15) is 34.3 Å². The summed E-state index contributed by atoms with van der Waals surface area (Å²) in [5.74, 6) is 3.80. The van der Waals surface area contributed by atoms with E-state index in [1.165, 1.54) is 180 Å². The van der Waals surface area contributed by atoms with Crippen LogP contribution in [0.1, 0.15) is 387 Å². The van der Waals surface area contributed by atoms with Gasteiger partial charge >= 0.3 is 0 Å². The quantitative estimate of drug-likeness (QED) is 0.0351. The lowest BCUT2D eigenvalue weighted by molar-refractivity contribution is -0.124. The Morgan fingerprint density at radius 2 is 0.468 bits per heavy atom. The van der Waals surface area contributed by atoms with Crippen LogP contribution in [0.2, 0.25) is 0 Å². The third-order valence-corrected chi connectivity index (χ3v) is 25.2. The molecule has 0 radical (unpaired) electrons. The summed E-state index contributed by atoms with van der Waals surface area (Å²) in [6.45, 7) is 20.2. The summed E-state index contributed by atoms with van der Waals surface area (Å²) in [6, 6.07) is 19.7. The fourth-order valence-electron chi connectivity index (χ4n) is 17.8. The molecule has 4 unspecified atom stereocenters. The van der Waals surface area contributed by atoms with Crippen LogP contribution >= 0.6 is 11.3 Å². The molecule has 0 fully saturated rings. The Bertz CT molecular complexity index is 3380. The lowest BCUT2D eigenvalue weighted by Crippen LogP contribution is -2.34. The number of carbonyl (C=O) groups excluding carboxylic acids is 4. The summed E-state index contributed by atoms with van der Waals surface area (Å²) in [5.41, 5.74) is 4.04. The highest BCUT2D eigenvalue weighted by molar-refractivity contribution is 7.18. The summed E-state index contributed by atoms with van der Waals surface area (Å²) in [7, 11) is 0. The molecule has 4 aliphatic rings. The molecule has 12 nitrogen and oxygen atoms in total. The molecule has 4 aliphatic heterocycles. The van der Waals surface area contributed by atoms with E-state index in [1.807, 2.05) is 68.1 Å². The van der Waals surface area contributed by atoms with Crippen LogP contribution in [0.5, 0.6) is 0 Å². The predicted molar refractivity (Wildman–Crippen MR) is 453 cm³/mol. The van der Waals surface area contributed by atoms with Crippen molar-refractivity contribution in [3.8, 4) is 21.3 Å². The molecular weight excluding hydrogens is 1370 g/mol. The molecule has 0 aliphatic carbocycles. The third-order valence-electron chi connectivity index (χ3n) is 24.1. The second kappa shape index (κ2) is 47.9. The topological polar surface area (TPSA) is 134 Å². The normalized spacial score (nSPS) is 15.9. The van der Waals surface area contributed by atoms with Crippen molar-refractivity contribution in [1.29, 1.82) is 0 Å². The zero-order valence-corrected chi connectivity index (χ0v) is 70.3. The Labute approximate surface area is 663 Å². The fraction of sp³-hybridized carbons (Fsp3) is 0.667. The predicted octanol–water partition coefficient (Wildman–Crippen LogP) is 28.4.